The summed E-state index contributed by atoms with van der Waals surface area (Å²) in [6.45, 7) is 0.339. The molecule has 0 heterocycles. The number of hydrogen-bond acceptors (Lipinski definition) is 4. The standard InChI is InChI=1S/C19H20ClNO5/c20-16-7-1-2-8-17(16)25-10-4-9-18(22)21-12-14-5-3-6-15(11-14)26-13-19(23)24/h1-3,5-8,11H,4,9-10,12-13H2,(H,21,22)(H,23,24). The van der Waals surface area contributed by atoms with E-state index in [2.05, 4.69) is 5.32 Å². The van der Waals surface area contributed by atoms with E-state index < -0.39 is 12.6 Å². The van der Waals surface area contributed by atoms with Gasteiger partial charge in [0.2, 0.25) is 5.91 Å². The fraction of sp³-hybridized carbons (Fsp3) is 0.263. The Morgan fingerprint density at radius 1 is 1.08 bits per heavy atom. The van der Waals surface area contributed by atoms with Gasteiger partial charge in [0.15, 0.2) is 6.61 Å². The summed E-state index contributed by atoms with van der Waals surface area (Å²) < 4.78 is 10.6. The third-order valence-electron chi connectivity index (χ3n) is 3.39. The third-order valence-corrected chi connectivity index (χ3v) is 3.71. The Hall–Kier alpha value is -2.73. The number of ether oxygens (including phenoxy) is 2. The number of para-hydroxylation sites is 1. The van der Waals surface area contributed by atoms with E-state index in [0.29, 0.717) is 42.5 Å². The van der Waals surface area contributed by atoms with Gasteiger partial charge in [0.05, 0.1) is 11.6 Å². The van der Waals surface area contributed by atoms with Crippen molar-refractivity contribution in [3.63, 3.8) is 0 Å². The number of carbonyl (C=O) groups is 2. The minimum absolute atomic E-state index is 0.0929. The summed E-state index contributed by atoms with van der Waals surface area (Å²) in [6.07, 6.45) is 0.901. The maximum Gasteiger partial charge on any atom is 0.341 e. The number of rotatable bonds is 10. The van der Waals surface area contributed by atoms with Gasteiger partial charge in [-0.1, -0.05) is 35.9 Å². The number of carboxylic acid groups (broad SMARTS) is 1. The van der Waals surface area contributed by atoms with Gasteiger partial charge in [-0.05, 0) is 36.2 Å². The smallest absolute Gasteiger partial charge is 0.341 e. The first-order chi connectivity index (χ1) is 12.5. The predicted molar refractivity (Wildman–Crippen MR) is 97.6 cm³/mol. The zero-order chi connectivity index (χ0) is 18.8. The van der Waals surface area contributed by atoms with Crippen LogP contribution in [-0.2, 0) is 16.1 Å². The lowest BCUT2D eigenvalue weighted by Gasteiger charge is -2.09. The summed E-state index contributed by atoms with van der Waals surface area (Å²) in [4.78, 5) is 22.4. The van der Waals surface area contributed by atoms with Crippen LogP contribution in [0.4, 0.5) is 0 Å². The molecule has 0 unspecified atom stereocenters. The molecule has 138 valence electrons. The highest BCUT2D eigenvalue weighted by Crippen LogP contribution is 2.23. The van der Waals surface area contributed by atoms with Crippen LogP contribution in [0, 0.1) is 0 Å². The number of halogens is 1. The molecule has 0 spiro atoms. The average Bonchev–Trinajstić information content (AvgIpc) is 2.63. The van der Waals surface area contributed by atoms with Crippen molar-refractivity contribution < 1.29 is 24.2 Å². The molecule has 0 atom stereocenters. The highest BCUT2D eigenvalue weighted by molar-refractivity contribution is 6.32. The highest BCUT2D eigenvalue weighted by atomic mass is 35.5. The summed E-state index contributed by atoms with van der Waals surface area (Å²) in [7, 11) is 0. The highest BCUT2D eigenvalue weighted by Gasteiger charge is 2.05. The van der Waals surface area contributed by atoms with E-state index in [1.54, 1.807) is 30.3 Å². The predicted octanol–water partition coefficient (Wildman–Crippen LogP) is 3.28. The molecule has 0 fully saturated rings. The van der Waals surface area contributed by atoms with Gasteiger partial charge in [0.25, 0.3) is 0 Å². The lowest BCUT2D eigenvalue weighted by Crippen LogP contribution is -2.23. The number of aliphatic carboxylic acids is 1. The van der Waals surface area contributed by atoms with Gasteiger partial charge in [-0.15, -0.1) is 0 Å². The van der Waals surface area contributed by atoms with Crippen LogP contribution in [0.2, 0.25) is 5.02 Å². The molecule has 2 rings (SSSR count). The lowest BCUT2D eigenvalue weighted by atomic mass is 10.2. The zero-order valence-electron chi connectivity index (χ0n) is 14.1. The molecule has 0 saturated heterocycles. The molecule has 0 bridgehead atoms. The van der Waals surface area contributed by atoms with Crippen molar-refractivity contribution in [1.82, 2.24) is 5.32 Å². The molecule has 0 saturated carbocycles. The molecule has 1 amide bonds. The summed E-state index contributed by atoms with van der Waals surface area (Å²) in [5.74, 6) is -0.0765. The summed E-state index contributed by atoms with van der Waals surface area (Å²) in [5, 5.41) is 12.0. The Balaban J connectivity index is 1.67. The fourth-order valence-electron chi connectivity index (χ4n) is 2.16. The van der Waals surface area contributed by atoms with Crippen molar-refractivity contribution >= 4 is 23.5 Å². The lowest BCUT2D eigenvalue weighted by molar-refractivity contribution is -0.139. The quantitative estimate of drug-likeness (QED) is 0.621. The molecule has 2 aromatic rings. The van der Waals surface area contributed by atoms with E-state index in [1.165, 1.54) is 0 Å². The Labute approximate surface area is 156 Å². The number of amides is 1. The van der Waals surface area contributed by atoms with Crippen LogP contribution in [-0.4, -0.2) is 30.2 Å². The molecule has 26 heavy (non-hydrogen) atoms. The van der Waals surface area contributed by atoms with Gasteiger partial charge in [0, 0.05) is 13.0 Å². The molecule has 0 aromatic heterocycles. The first-order valence-electron chi connectivity index (χ1n) is 8.12. The molecule has 6 nitrogen and oxygen atoms in total. The normalized spacial score (nSPS) is 10.2. The zero-order valence-corrected chi connectivity index (χ0v) is 14.9. The Kier molecular flexibility index (Phi) is 7.76. The van der Waals surface area contributed by atoms with E-state index in [0.717, 1.165) is 5.56 Å². The van der Waals surface area contributed by atoms with Crippen molar-refractivity contribution in [3.05, 3.63) is 59.1 Å². The minimum Gasteiger partial charge on any atom is -0.492 e. The molecule has 0 radical (unpaired) electrons. The second kappa shape index (κ2) is 10.3. The minimum atomic E-state index is -1.04. The van der Waals surface area contributed by atoms with Crippen LogP contribution in [0.1, 0.15) is 18.4 Å². The maximum absolute atomic E-state index is 11.9. The number of nitrogens with one attached hydrogen (secondary N) is 1. The second-order valence-electron chi connectivity index (χ2n) is 5.49. The Morgan fingerprint density at radius 3 is 2.65 bits per heavy atom. The molecule has 7 heteroatoms. The third kappa shape index (κ3) is 7.03. The molecule has 2 aromatic carbocycles. The van der Waals surface area contributed by atoms with Gasteiger partial charge in [0.1, 0.15) is 11.5 Å². The van der Waals surface area contributed by atoms with Gasteiger partial charge < -0.3 is 19.9 Å². The van der Waals surface area contributed by atoms with Crippen molar-refractivity contribution in [1.29, 1.82) is 0 Å². The van der Waals surface area contributed by atoms with Crippen molar-refractivity contribution in [2.75, 3.05) is 13.2 Å². The molecule has 0 aliphatic heterocycles. The van der Waals surface area contributed by atoms with Crippen LogP contribution < -0.4 is 14.8 Å². The van der Waals surface area contributed by atoms with E-state index >= 15 is 0 Å². The molecule has 0 aliphatic rings. The van der Waals surface area contributed by atoms with Crippen molar-refractivity contribution in [2.45, 2.75) is 19.4 Å². The number of hydrogen-bond donors (Lipinski definition) is 2. The molecule has 0 aliphatic carbocycles. The average molecular weight is 378 g/mol. The Bertz CT molecular complexity index is 750. The fourth-order valence-corrected chi connectivity index (χ4v) is 2.35. The van der Waals surface area contributed by atoms with Crippen molar-refractivity contribution in [2.24, 2.45) is 0 Å². The molecule has 2 N–H and O–H groups in total. The summed E-state index contributed by atoms with van der Waals surface area (Å²) in [5.41, 5.74) is 0.827. The SMILES string of the molecule is O=C(O)COc1cccc(CNC(=O)CCCOc2ccccc2Cl)c1. The van der Waals surface area contributed by atoms with Crippen molar-refractivity contribution in [3.8, 4) is 11.5 Å². The van der Waals surface area contributed by atoms with Crippen LogP contribution in [0.15, 0.2) is 48.5 Å². The van der Waals surface area contributed by atoms with E-state index in [4.69, 9.17) is 26.2 Å². The first-order valence-corrected chi connectivity index (χ1v) is 8.50. The number of carbonyl (C=O) groups excluding carboxylic acids is 1. The number of benzene rings is 2. The van der Waals surface area contributed by atoms with E-state index in [9.17, 15) is 9.59 Å². The monoisotopic (exact) mass is 377 g/mol. The van der Waals surface area contributed by atoms with Gasteiger partial charge in [-0.3, -0.25) is 4.79 Å². The van der Waals surface area contributed by atoms with Gasteiger partial charge >= 0.3 is 5.97 Å². The van der Waals surface area contributed by atoms with E-state index in [1.807, 2.05) is 18.2 Å². The summed E-state index contributed by atoms with van der Waals surface area (Å²) >= 11 is 5.99. The number of carboxylic acids is 1. The molecular weight excluding hydrogens is 358 g/mol. The van der Waals surface area contributed by atoms with E-state index in [-0.39, 0.29) is 5.91 Å². The second-order valence-corrected chi connectivity index (χ2v) is 5.90. The van der Waals surface area contributed by atoms with Gasteiger partial charge in [-0.25, -0.2) is 4.79 Å². The maximum atomic E-state index is 11.9. The first kappa shape index (κ1) is 19.6. The van der Waals surface area contributed by atoms with Crippen LogP contribution in [0.3, 0.4) is 0 Å². The summed E-state index contributed by atoms with van der Waals surface area (Å²) in [6, 6.07) is 14.1. The van der Waals surface area contributed by atoms with Crippen LogP contribution in [0.25, 0.3) is 0 Å². The topological polar surface area (TPSA) is 84.9 Å². The van der Waals surface area contributed by atoms with Gasteiger partial charge in [-0.2, -0.15) is 0 Å². The molecular formula is C19H20ClNO5. The van der Waals surface area contributed by atoms with Crippen LogP contribution >= 0.6 is 11.6 Å². The Morgan fingerprint density at radius 2 is 1.88 bits per heavy atom. The van der Waals surface area contributed by atoms with Crippen LogP contribution in [0.5, 0.6) is 11.5 Å². The largest absolute Gasteiger partial charge is 0.492 e.